The van der Waals surface area contributed by atoms with Crippen molar-refractivity contribution in [2.75, 3.05) is 38.1 Å². The topological polar surface area (TPSA) is 26.7 Å². The van der Waals surface area contributed by atoms with Gasteiger partial charge in [0.05, 0.1) is 5.60 Å². The van der Waals surface area contributed by atoms with Crippen LogP contribution in [0.15, 0.2) is 24.3 Å². The molecule has 0 amide bonds. The van der Waals surface area contributed by atoms with E-state index >= 15 is 0 Å². The number of aryl methyl sites for hydroxylation is 1. The summed E-state index contributed by atoms with van der Waals surface area (Å²) in [5, 5.41) is 10.7. The predicted octanol–water partition coefficient (Wildman–Crippen LogP) is 2.67. The van der Waals surface area contributed by atoms with Crippen molar-refractivity contribution in [3.8, 4) is 0 Å². The number of rotatable bonds is 5. The van der Waals surface area contributed by atoms with Gasteiger partial charge in [0.2, 0.25) is 0 Å². The van der Waals surface area contributed by atoms with Crippen molar-refractivity contribution < 1.29 is 5.11 Å². The molecule has 1 aliphatic rings. The third kappa shape index (κ3) is 3.97. The molecule has 1 aromatic carbocycles. The molecule has 2 rings (SSSR count). The van der Waals surface area contributed by atoms with Crippen molar-refractivity contribution in [1.29, 1.82) is 0 Å². The summed E-state index contributed by atoms with van der Waals surface area (Å²) in [6.45, 7) is 8.36. The van der Waals surface area contributed by atoms with Gasteiger partial charge in [-0.15, -0.1) is 0 Å². The molecular formula is C17H28N2O. The Morgan fingerprint density at radius 1 is 1.20 bits per heavy atom. The second kappa shape index (κ2) is 6.59. The monoisotopic (exact) mass is 276 g/mol. The zero-order valence-corrected chi connectivity index (χ0v) is 13.1. The molecule has 0 saturated carbocycles. The van der Waals surface area contributed by atoms with Crippen LogP contribution >= 0.6 is 0 Å². The van der Waals surface area contributed by atoms with E-state index in [-0.39, 0.29) is 0 Å². The predicted molar refractivity (Wildman–Crippen MR) is 85.4 cm³/mol. The molecule has 1 fully saturated rings. The van der Waals surface area contributed by atoms with Crippen LogP contribution in [0.25, 0.3) is 0 Å². The fourth-order valence-corrected chi connectivity index (χ4v) is 2.84. The number of aliphatic hydroxyl groups is 1. The highest BCUT2D eigenvalue weighted by atomic mass is 16.3. The molecule has 0 aromatic heterocycles. The minimum absolute atomic E-state index is 0.468. The Bertz CT molecular complexity index is 408. The van der Waals surface area contributed by atoms with Crippen molar-refractivity contribution in [3.05, 3.63) is 29.8 Å². The molecule has 0 bridgehead atoms. The molecule has 1 aliphatic heterocycles. The third-order valence-electron chi connectivity index (χ3n) is 4.62. The van der Waals surface area contributed by atoms with Gasteiger partial charge >= 0.3 is 0 Å². The number of benzene rings is 1. The van der Waals surface area contributed by atoms with Crippen molar-refractivity contribution in [1.82, 2.24) is 4.90 Å². The van der Waals surface area contributed by atoms with E-state index in [0.29, 0.717) is 0 Å². The van der Waals surface area contributed by atoms with Crippen molar-refractivity contribution in [2.24, 2.45) is 0 Å². The number of likely N-dealkylation sites (tertiary alicyclic amines) is 1. The number of piperidine rings is 1. The van der Waals surface area contributed by atoms with Gasteiger partial charge in [-0.1, -0.05) is 24.6 Å². The summed E-state index contributed by atoms with van der Waals surface area (Å²) >= 11 is 0. The summed E-state index contributed by atoms with van der Waals surface area (Å²) < 4.78 is 0. The van der Waals surface area contributed by atoms with Crippen LogP contribution in [0.4, 0.5) is 5.69 Å². The summed E-state index contributed by atoms with van der Waals surface area (Å²) in [6, 6.07) is 8.58. The van der Waals surface area contributed by atoms with Crippen LogP contribution in [-0.4, -0.2) is 48.8 Å². The number of nitrogens with zero attached hydrogens (tertiary/aromatic N) is 2. The van der Waals surface area contributed by atoms with E-state index in [1.54, 1.807) is 0 Å². The standard InChI is InChI=1S/C17H28N2O/c1-4-19-13-10-17(20,11-14-19)9-12-18(3)16-7-5-15(2)6-8-16/h5-8,20H,4,9-14H2,1-3H3. The van der Waals surface area contributed by atoms with Crippen LogP contribution in [0, 0.1) is 6.92 Å². The zero-order chi connectivity index (χ0) is 14.6. The van der Waals surface area contributed by atoms with Crippen LogP contribution < -0.4 is 4.90 Å². The van der Waals surface area contributed by atoms with Crippen LogP contribution in [0.3, 0.4) is 0 Å². The first kappa shape index (κ1) is 15.3. The van der Waals surface area contributed by atoms with Crippen LogP contribution in [0.2, 0.25) is 0 Å². The lowest BCUT2D eigenvalue weighted by Gasteiger charge is -2.38. The van der Waals surface area contributed by atoms with E-state index in [1.807, 2.05) is 0 Å². The molecule has 1 heterocycles. The summed E-state index contributed by atoms with van der Waals surface area (Å²) in [4.78, 5) is 4.65. The Hall–Kier alpha value is -1.06. The van der Waals surface area contributed by atoms with Crippen LogP contribution in [0.1, 0.15) is 31.7 Å². The maximum absolute atomic E-state index is 10.7. The van der Waals surface area contributed by atoms with Gasteiger partial charge in [-0.05, 0) is 44.9 Å². The normalized spacial score (nSPS) is 19.0. The Labute approximate surface area is 123 Å². The molecule has 0 unspecified atom stereocenters. The first-order valence-electron chi connectivity index (χ1n) is 7.75. The van der Waals surface area contributed by atoms with Crippen LogP contribution in [-0.2, 0) is 0 Å². The van der Waals surface area contributed by atoms with Crippen LogP contribution in [0.5, 0.6) is 0 Å². The molecule has 0 atom stereocenters. The van der Waals surface area contributed by atoms with Crippen molar-refractivity contribution in [3.63, 3.8) is 0 Å². The highest BCUT2D eigenvalue weighted by molar-refractivity contribution is 5.46. The highest BCUT2D eigenvalue weighted by Gasteiger charge is 2.31. The van der Waals surface area contributed by atoms with E-state index in [0.717, 1.165) is 45.4 Å². The summed E-state index contributed by atoms with van der Waals surface area (Å²) in [5.41, 5.74) is 2.04. The molecule has 0 aliphatic carbocycles. The Morgan fingerprint density at radius 3 is 2.35 bits per heavy atom. The lowest BCUT2D eigenvalue weighted by Crippen LogP contribution is -2.45. The van der Waals surface area contributed by atoms with Crippen molar-refractivity contribution >= 4 is 5.69 Å². The minimum Gasteiger partial charge on any atom is -0.390 e. The molecular weight excluding hydrogens is 248 g/mol. The lowest BCUT2D eigenvalue weighted by atomic mass is 9.88. The van der Waals surface area contributed by atoms with E-state index in [2.05, 4.69) is 55.0 Å². The van der Waals surface area contributed by atoms with Gasteiger partial charge in [-0.2, -0.15) is 0 Å². The van der Waals surface area contributed by atoms with E-state index in [1.165, 1.54) is 11.3 Å². The van der Waals surface area contributed by atoms with Gasteiger partial charge in [-0.3, -0.25) is 0 Å². The SMILES string of the molecule is CCN1CCC(O)(CCN(C)c2ccc(C)cc2)CC1. The van der Waals surface area contributed by atoms with Gasteiger partial charge in [0.15, 0.2) is 0 Å². The largest absolute Gasteiger partial charge is 0.390 e. The molecule has 0 spiro atoms. The van der Waals surface area contributed by atoms with Gasteiger partial charge in [-0.25, -0.2) is 0 Å². The summed E-state index contributed by atoms with van der Waals surface area (Å²) in [6.07, 6.45) is 2.67. The molecule has 1 N–H and O–H groups in total. The van der Waals surface area contributed by atoms with Gasteiger partial charge < -0.3 is 14.9 Å². The smallest absolute Gasteiger partial charge is 0.0689 e. The molecule has 20 heavy (non-hydrogen) atoms. The van der Waals surface area contributed by atoms with E-state index < -0.39 is 5.60 Å². The maximum atomic E-state index is 10.7. The van der Waals surface area contributed by atoms with Crippen molar-refractivity contribution in [2.45, 2.75) is 38.7 Å². The summed E-state index contributed by atoms with van der Waals surface area (Å²) in [7, 11) is 2.11. The quantitative estimate of drug-likeness (QED) is 0.895. The lowest BCUT2D eigenvalue weighted by molar-refractivity contribution is -0.0246. The fourth-order valence-electron chi connectivity index (χ4n) is 2.84. The molecule has 112 valence electrons. The Morgan fingerprint density at radius 2 is 1.80 bits per heavy atom. The first-order chi connectivity index (χ1) is 9.52. The molecule has 3 nitrogen and oxygen atoms in total. The van der Waals surface area contributed by atoms with Gasteiger partial charge in [0.25, 0.3) is 0 Å². The average Bonchev–Trinajstić information content (AvgIpc) is 2.46. The maximum Gasteiger partial charge on any atom is 0.0689 e. The number of anilines is 1. The van der Waals surface area contributed by atoms with Gasteiger partial charge in [0.1, 0.15) is 0 Å². The first-order valence-corrected chi connectivity index (χ1v) is 7.75. The van der Waals surface area contributed by atoms with Gasteiger partial charge in [0, 0.05) is 32.4 Å². The molecule has 1 saturated heterocycles. The second-order valence-electron chi connectivity index (χ2n) is 6.17. The summed E-state index contributed by atoms with van der Waals surface area (Å²) in [5.74, 6) is 0. The molecule has 1 aromatic rings. The Balaban J connectivity index is 1.84. The molecule has 0 radical (unpaired) electrons. The average molecular weight is 276 g/mol. The molecule has 3 heteroatoms. The number of hydrogen-bond donors (Lipinski definition) is 1. The van der Waals surface area contributed by atoms with E-state index in [4.69, 9.17) is 0 Å². The second-order valence-corrected chi connectivity index (χ2v) is 6.17. The highest BCUT2D eigenvalue weighted by Crippen LogP contribution is 2.26. The Kier molecular flexibility index (Phi) is 5.06. The van der Waals surface area contributed by atoms with E-state index in [9.17, 15) is 5.11 Å². The zero-order valence-electron chi connectivity index (χ0n) is 13.1. The number of hydrogen-bond acceptors (Lipinski definition) is 3. The third-order valence-corrected chi connectivity index (χ3v) is 4.62. The minimum atomic E-state index is -0.468. The fraction of sp³-hybridized carbons (Fsp3) is 0.647.